The van der Waals surface area contributed by atoms with Crippen LogP contribution in [0, 0.1) is 0 Å². The monoisotopic (exact) mass is 494 g/mol. The molecule has 0 aliphatic carbocycles. The first kappa shape index (κ1) is 22.8. The molecule has 1 aromatic carbocycles. The van der Waals surface area contributed by atoms with Crippen LogP contribution in [0.4, 0.5) is 10.5 Å². The number of hydrogen-bond donors (Lipinski definition) is 1. The zero-order valence-corrected chi connectivity index (χ0v) is 20.1. The third-order valence-electron chi connectivity index (χ3n) is 5.41. The smallest absolute Gasteiger partial charge is 0.410 e. The molecule has 4 aromatic rings. The highest BCUT2D eigenvalue weighted by Crippen LogP contribution is 2.29. The number of nitrogens with one attached hydrogen (secondary N) is 1. The summed E-state index contributed by atoms with van der Waals surface area (Å²) in [6.07, 6.45) is 2.91. The number of ether oxygens (including phenoxy) is 1. The van der Waals surface area contributed by atoms with Crippen molar-refractivity contribution in [3.8, 4) is 11.4 Å². The van der Waals surface area contributed by atoms with Gasteiger partial charge in [-0.3, -0.25) is 4.79 Å². The quantitative estimate of drug-likeness (QED) is 0.459. The minimum absolute atomic E-state index is 0.0918. The third-order valence-corrected chi connectivity index (χ3v) is 5.74. The van der Waals surface area contributed by atoms with E-state index in [0.717, 1.165) is 0 Å². The highest BCUT2D eigenvalue weighted by atomic mass is 35.5. The zero-order valence-electron chi connectivity index (χ0n) is 19.3. The SMILES string of the molecule is CC(C)(C)OC(=O)N1CC(n2nnc(-c3ccc(Cl)c(NC(=O)c4cnn5ccccc45)c3)n2)C1. The Morgan fingerprint density at radius 2 is 1.97 bits per heavy atom. The molecule has 1 aliphatic rings. The van der Waals surface area contributed by atoms with E-state index in [2.05, 4.69) is 25.8 Å². The first-order valence-electron chi connectivity index (χ1n) is 11.0. The van der Waals surface area contributed by atoms with Gasteiger partial charge in [-0.1, -0.05) is 17.7 Å². The number of fused-ring (bicyclic) bond motifs is 1. The van der Waals surface area contributed by atoms with Crippen LogP contribution in [0.3, 0.4) is 0 Å². The lowest BCUT2D eigenvalue weighted by atomic mass is 10.1. The number of likely N-dealkylation sites (tertiary alicyclic amines) is 1. The van der Waals surface area contributed by atoms with Crippen LogP contribution in [-0.2, 0) is 4.74 Å². The number of rotatable bonds is 4. The summed E-state index contributed by atoms with van der Waals surface area (Å²) < 4.78 is 7.00. The van der Waals surface area contributed by atoms with Gasteiger partial charge < -0.3 is 15.0 Å². The number of tetrazole rings is 1. The fourth-order valence-electron chi connectivity index (χ4n) is 3.63. The summed E-state index contributed by atoms with van der Waals surface area (Å²) in [6.45, 7) is 6.36. The van der Waals surface area contributed by atoms with E-state index in [1.807, 2.05) is 39.0 Å². The zero-order chi connectivity index (χ0) is 24.7. The summed E-state index contributed by atoms with van der Waals surface area (Å²) in [5.41, 5.74) is 1.62. The van der Waals surface area contributed by atoms with Crippen LogP contribution in [0.1, 0.15) is 37.2 Å². The fraction of sp³-hybridized carbons (Fsp3) is 0.304. The molecule has 35 heavy (non-hydrogen) atoms. The second-order valence-electron chi connectivity index (χ2n) is 9.21. The highest BCUT2D eigenvalue weighted by molar-refractivity contribution is 6.34. The number of pyridine rings is 1. The standard InChI is InChI=1S/C23H23ClN8O3/c1-23(2,3)35-22(34)30-12-15(13-30)32-28-20(27-29-32)14-7-8-17(24)18(10-14)26-21(33)16-11-25-31-9-5-4-6-19(16)31/h4-11,15H,12-13H2,1-3H3,(H,26,33). The molecule has 1 N–H and O–H groups in total. The lowest BCUT2D eigenvalue weighted by molar-refractivity contribution is -0.00244. The molecule has 12 heteroatoms. The normalized spacial score (nSPS) is 14.1. The van der Waals surface area contributed by atoms with Crippen molar-refractivity contribution in [1.29, 1.82) is 0 Å². The van der Waals surface area contributed by atoms with E-state index in [4.69, 9.17) is 16.3 Å². The number of amides is 2. The first-order valence-corrected chi connectivity index (χ1v) is 11.4. The summed E-state index contributed by atoms with van der Waals surface area (Å²) in [7, 11) is 0. The maximum absolute atomic E-state index is 12.9. The summed E-state index contributed by atoms with van der Waals surface area (Å²) in [6, 6.07) is 10.5. The second-order valence-corrected chi connectivity index (χ2v) is 9.62. The van der Waals surface area contributed by atoms with E-state index in [1.165, 1.54) is 11.0 Å². The molecule has 1 aliphatic heterocycles. The Bertz CT molecular complexity index is 1420. The number of nitrogens with zero attached hydrogens (tertiary/aromatic N) is 7. The van der Waals surface area contributed by atoms with Gasteiger partial charge in [-0.15, -0.1) is 10.2 Å². The van der Waals surface area contributed by atoms with Crippen LogP contribution in [0.25, 0.3) is 16.9 Å². The molecule has 1 saturated heterocycles. The Kier molecular flexibility index (Phi) is 5.64. The van der Waals surface area contributed by atoms with Crippen molar-refractivity contribution in [3.63, 3.8) is 0 Å². The van der Waals surface area contributed by atoms with Gasteiger partial charge in [0.15, 0.2) is 0 Å². The predicted molar refractivity (Wildman–Crippen MR) is 128 cm³/mol. The molecule has 0 unspecified atom stereocenters. The lowest BCUT2D eigenvalue weighted by Gasteiger charge is -2.38. The highest BCUT2D eigenvalue weighted by Gasteiger charge is 2.36. The molecule has 180 valence electrons. The van der Waals surface area contributed by atoms with Gasteiger partial charge in [-0.2, -0.15) is 9.90 Å². The average Bonchev–Trinajstić information content (AvgIpc) is 3.40. The molecule has 0 atom stereocenters. The molecule has 5 rings (SSSR count). The minimum atomic E-state index is -0.548. The maximum Gasteiger partial charge on any atom is 0.410 e. The molecule has 0 bridgehead atoms. The molecule has 0 radical (unpaired) electrons. The van der Waals surface area contributed by atoms with E-state index in [-0.39, 0.29) is 18.0 Å². The molecular weight excluding hydrogens is 472 g/mol. The van der Waals surface area contributed by atoms with Gasteiger partial charge in [-0.25, -0.2) is 9.31 Å². The largest absolute Gasteiger partial charge is 0.444 e. The Morgan fingerprint density at radius 3 is 2.74 bits per heavy atom. The average molecular weight is 495 g/mol. The fourth-order valence-corrected chi connectivity index (χ4v) is 3.80. The Labute approximate surface area is 205 Å². The van der Waals surface area contributed by atoms with E-state index < -0.39 is 5.60 Å². The van der Waals surface area contributed by atoms with Crippen LogP contribution in [-0.4, -0.2) is 65.4 Å². The minimum Gasteiger partial charge on any atom is -0.444 e. The van der Waals surface area contributed by atoms with Gasteiger partial charge in [0.2, 0.25) is 5.82 Å². The van der Waals surface area contributed by atoms with Crippen molar-refractivity contribution in [2.45, 2.75) is 32.4 Å². The van der Waals surface area contributed by atoms with Crippen molar-refractivity contribution in [2.75, 3.05) is 18.4 Å². The topological polar surface area (TPSA) is 120 Å². The summed E-state index contributed by atoms with van der Waals surface area (Å²) in [5, 5.41) is 20.1. The second kappa shape index (κ2) is 8.66. The third kappa shape index (κ3) is 4.67. The van der Waals surface area contributed by atoms with Crippen LogP contribution in [0.2, 0.25) is 5.02 Å². The first-order chi connectivity index (χ1) is 16.7. The summed E-state index contributed by atoms with van der Waals surface area (Å²) in [4.78, 5) is 28.1. The van der Waals surface area contributed by atoms with E-state index in [0.29, 0.717) is 46.3 Å². The van der Waals surface area contributed by atoms with Crippen molar-refractivity contribution in [3.05, 3.63) is 59.4 Å². The van der Waals surface area contributed by atoms with Gasteiger partial charge >= 0.3 is 6.09 Å². The molecule has 0 saturated carbocycles. The van der Waals surface area contributed by atoms with Gasteiger partial charge in [-0.05, 0) is 56.3 Å². The van der Waals surface area contributed by atoms with Gasteiger partial charge in [0, 0.05) is 11.8 Å². The number of carbonyl (C=O) groups excluding carboxylic acids is 2. The molecular formula is C23H23ClN8O3. The van der Waals surface area contributed by atoms with Crippen molar-refractivity contribution in [1.82, 2.24) is 34.7 Å². The van der Waals surface area contributed by atoms with Crippen LogP contribution >= 0.6 is 11.6 Å². The lowest BCUT2D eigenvalue weighted by Crippen LogP contribution is -2.52. The number of carbonyl (C=O) groups is 2. The van der Waals surface area contributed by atoms with Crippen LogP contribution in [0.15, 0.2) is 48.8 Å². The molecule has 1 fully saturated rings. The number of benzene rings is 1. The number of anilines is 1. The molecule has 3 aromatic heterocycles. The Morgan fingerprint density at radius 1 is 1.17 bits per heavy atom. The predicted octanol–water partition coefficient (Wildman–Crippen LogP) is 3.69. The van der Waals surface area contributed by atoms with Gasteiger partial charge in [0.25, 0.3) is 5.91 Å². The molecule has 11 nitrogen and oxygen atoms in total. The maximum atomic E-state index is 12.9. The number of hydrogen-bond acceptors (Lipinski definition) is 7. The number of halogens is 1. The van der Waals surface area contributed by atoms with Crippen LogP contribution in [0.5, 0.6) is 0 Å². The van der Waals surface area contributed by atoms with Gasteiger partial charge in [0.05, 0.1) is 41.1 Å². The van der Waals surface area contributed by atoms with Crippen molar-refractivity contribution in [2.24, 2.45) is 0 Å². The molecule has 0 spiro atoms. The summed E-state index contributed by atoms with van der Waals surface area (Å²) in [5.74, 6) is 0.0439. The molecule has 4 heterocycles. The molecule has 2 amide bonds. The van der Waals surface area contributed by atoms with Crippen molar-refractivity contribution < 1.29 is 14.3 Å². The van der Waals surface area contributed by atoms with E-state index >= 15 is 0 Å². The number of aromatic nitrogens is 6. The summed E-state index contributed by atoms with van der Waals surface area (Å²) >= 11 is 6.34. The Balaban J connectivity index is 1.28. The van der Waals surface area contributed by atoms with Crippen LogP contribution < -0.4 is 5.32 Å². The van der Waals surface area contributed by atoms with E-state index in [1.54, 1.807) is 33.8 Å². The Hall–Kier alpha value is -3.99. The van der Waals surface area contributed by atoms with E-state index in [9.17, 15) is 9.59 Å². The van der Waals surface area contributed by atoms with Gasteiger partial charge in [0.1, 0.15) is 11.6 Å². The van der Waals surface area contributed by atoms with Crippen molar-refractivity contribution >= 4 is 34.8 Å².